The van der Waals surface area contributed by atoms with Crippen molar-refractivity contribution in [3.8, 4) is 0 Å². The van der Waals surface area contributed by atoms with Crippen LogP contribution in [0.4, 0.5) is 0 Å². The highest BCUT2D eigenvalue weighted by molar-refractivity contribution is 5.90. The van der Waals surface area contributed by atoms with Crippen molar-refractivity contribution in [2.45, 2.75) is 45.2 Å². The van der Waals surface area contributed by atoms with E-state index in [2.05, 4.69) is 10.1 Å². The van der Waals surface area contributed by atoms with Crippen LogP contribution in [0.15, 0.2) is 4.52 Å². The van der Waals surface area contributed by atoms with Crippen LogP contribution in [0.3, 0.4) is 0 Å². The number of carbonyl (C=O) groups excluding carboxylic acids is 1. The minimum Gasteiger partial charge on any atom is -0.339 e. The van der Waals surface area contributed by atoms with E-state index in [0.717, 1.165) is 19.3 Å². The fraction of sp³-hybridized carbons (Fsp3) is 0.727. The van der Waals surface area contributed by atoms with Crippen LogP contribution in [0.2, 0.25) is 0 Å². The SMILES string of the molecule is Cc1nc(C(=O)N2C(C)CCCC2CN)no1. The number of carbonyl (C=O) groups is 1. The van der Waals surface area contributed by atoms with Crippen LogP contribution in [-0.2, 0) is 0 Å². The zero-order chi connectivity index (χ0) is 12.4. The molecule has 0 aromatic carbocycles. The van der Waals surface area contributed by atoms with E-state index in [0.29, 0.717) is 12.4 Å². The molecule has 2 N–H and O–H groups in total. The van der Waals surface area contributed by atoms with Crippen molar-refractivity contribution in [1.82, 2.24) is 15.0 Å². The molecule has 2 atom stereocenters. The lowest BCUT2D eigenvalue weighted by molar-refractivity contribution is 0.0478. The second-order valence-electron chi connectivity index (χ2n) is 4.52. The number of rotatable bonds is 2. The number of piperidine rings is 1. The maximum atomic E-state index is 12.3. The summed E-state index contributed by atoms with van der Waals surface area (Å²) in [5.41, 5.74) is 5.72. The van der Waals surface area contributed by atoms with Gasteiger partial charge in [0.1, 0.15) is 0 Å². The molecular weight excluding hydrogens is 220 g/mol. The lowest BCUT2D eigenvalue weighted by Crippen LogP contribution is -2.52. The Morgan fingerprint density at radius 3 is 2.94 bits per heavy atom. The molecule has 1 saturated heterocycles. The molecule has 1 aromatic rings. The summed E-state index contributed by atoms with van der Waals surface area (Å²) in [4.78, 5) is 18.1. The molecule has 2 heterocycles. The predicted octanol–water partition coefficient (Wildman–Crippen LogP) is 0.720. The summed E-state index contributed by atoms with van der Waals surface area (Å²) >= 11 is 0. The molecule has 2 unspecified atom stereocenters. The number of nitrogens with two attached hydrogens (primary N) is 1. The third kappa shape index (κ3) is 2.31. The Morgan fingerprint density at radius 1 is 1.59 bits per heavy atom. The van der Waals surface area contributed by atoms with Crippen LogP contribution in [0.1, 0.15) is 42.7 Å². The van der Waals surface area contributed by atoms with E-state index < -0.39 is 0 Å². The van der Waals surface area contributed by atoms with Crippen LogP contribution in [0.5, 0.6) is 0 Å². The predicted molar refractivity (Wildman–Crippen MR) is 61.4 cm³/mol. The van der Waals surface area contributed by atoms with Crippen molar-refractivity contribution in [1.29, 1.82) is 0 Å². The Morgan fingerprint density at radius 2 is 2.35 bits per heavy atom. The lowest BCUT2D eigenvalue weighted by atomic mass is 9.96. The number of likely N-dealkylation sites (tertiary alicyclic amines) is 1. The van der Waals surface area contributed by atoms with E-state index >= 15 is 0 Å². The third-order valence-electron chi connectivity index (χ3n) is 3.25. The first-order valence-electron chi connectivity index (χ1n) is 5.96. The molecule has 17 heavy (non-hydrogen) atoms. The molecule has 1 fully saturated rings. The van der Waals surface area contributed by atoms with Gasteiger partial charge in [-0.25, -0.2) is 0 Å². The molecule has 1 amide bonds. The Bertz CT molecular complexity index is 404. The van der Waals surface area contributed by atoms with E-state index in [1.807, 2.05) is 6.92 Å². The fourth-order valence-corrected chi connectivity index (χ4v) is 2.39. The Balaban J connectivity index is 2.21. The van der Waals surface area contributed by atoms with Gasteiger partial charge in [0.15, 0.2) is 0 Å². The zero-order valence-corrected chi connectivity index (χ0v) is 10.2. The minimum absolute atomic E-state index is 0.0880. The maximum absolute atomic E-state index is 12.3. The number of hydrogen-bond donors (Lipinski definition) is 1. The van der Waals surface area contributed by atoms with Crippen LogP contribution in [-0.4, -0.2) is 39.6 Å². The van der Waals surface area contributed by atoms with Crippen LogP contribution >= 0.6 is 0 Å². The smallest absolute Gasteiger partial charge is 0.295 e. The highest BCUT2D eigenvalue weighted by Gasteiger charge is 2.33. The van der Waals surface area contributed by atoms with Gasteiger partial charge in [0.25, 0.3) is 11.7 Å². The summed E-state index contributed by atoms with van der Waals surface area (Å²) in [5.74, 6) is 0.363. The normalized spacial score (nSPS) is 25.0. The molecular formula is C11H18N4O2. The van der Waals surface area contributed by atoms with Crippen molar-refractivity contribution >= 4 is 5.91 Å². The number of aromatic nitrogens is 2. The number of amides is 1. The largest absolute Gasteiger partial charge is 0.339 e. The van der Waals surface area contributed by atoms with E-state index in [9.17, 15) is 4.79 Å². The topological polar surface area (TPSA) is 85.2 Å². The van der Waals surface area contributed by atoms with Gasteiger partial charge in [0.05, 0.1) is 0 Å². The highest BCUT2D eigenvalue weighted by Crippen LogP contribution is 2.23. The monoisotopic (exact) mass is 238 g/mol. The standard InChI is InChI=1S/C11H18N4O2/c1-7-4-3-5-9(6-12)15(7)11(16)10-13-8(2)17-14-10/h7,9H,3-6,12H2,1-2H3. The first-order valence-corrected chi connectivity index (χ1v) is 5.96. The summed E-state index contributed by atoms with van der Waals surface area (Å²) in [6, 6.07) is 0.272. The fourth-order valence-electron chi connectivity index (χ4n) is 2.39. The molecule has 1 aromatic heterocycles. The van der Waals surface area contributed by atoms with Gasteiger partial charge in [-0.3, -0.25) is 4.79 Å². The minimum atomic E-state index is -0.176. The van der Waals surface area contributed by atoms with Crippen molar-refractivity contribution in [2.24, 2.45) is 5.73 Å². The maximum Gasteiger partial charge on any atom is 0.295 e. The molecule has 1 aliphatic heterocycles. The van der Waals surface area contributed by atoms with Crippen molar-refractivity contribution < 1.29 is 9.32 Å². The van der Waals surface area contributed by atoms with E-state index in [1.54, 1.807) is 11.8 Å². The Kier molecular flexibility index (Phi) is 3.42. The average Bonchev–Trinajstić information content (AvgIpc) is 2.74. The van der Waals surface area contributed by atoms with Gasteiger partial charge in [-0.2, -0.15) is 4.98 Å². The molecule has 6 heteroatoms. The van der Waals surface area contributed by atoms with Crippen molar-refractivity contribution in [3.63, 3.8) is 0 Å². The quantitative estimate of drug-likeness (QED) is 0.820. The summed E-state index contributed by atoms with van der Waals surface area (Å²) in [6.45, 7) is 4.18. The van der Waals surface area contributed by atoms with Crippen LogP contribution < -0.4 is 5.73 Å². The second-order valence-corrected chi connectivity index (χ2v) is 4.52. The zero-order valence-electron chi connectivity index (χ0n) is 10.2. The van der Waals surface area contributed by atoms with Gasteiger partial charge in [-0.1, -0.05) is 5.16 Å². The average molecular weight is 238 g/mol. The van der Waals surface area contributed by atoms with E-state index in [-0.39, 0.29) is 23.8 Å². The van der Waals surface area contributed by atoms with Crippen molar-refractivity contribution in [3.05, 3.63) is 11.7 Å². The van der Waals surface area contributed by atoms with Crippen molar-refractivity contribution in [2.75, 3.05) is 6.54 Å². The van der Waals surface area contributed by atoms with Crippen LogP contribution in [0.25, 0.3) is 0 Å². The van der Waals surface area contributed by atoms with Gasteiger partial charge >= 0.3 is 0 Å². The van der Waals surface area contributed by atoms with Crippen LogP contribution in [0, 0.1) is 6.92 Å². The number of nitrogens with zero attached hydrogens (tertiary/aromatic N) is 3. The first kappa shape index (κ1) is 12.0. The highest BCUT2D eigenvalue weighted by atomic mass is 16.5. The molecule has 0 bridgehead atoms. The summed E-state index contributed by atoms with van der Waals surface area (Å²) in [7, 11) is 0. The number of hydrogen-bond acceptors (Lipinski definition) is 5. The third-order valence-corrected chi connectivity index (χ3v) is 3.25. The van der Waals surface area contributed by atoms with Gasteiger partial charge in [0.2, 0.25) is 5.89 Å². The van der Waals surface area contributed by atoms with E-state index in [1.165, 1.54) is 0 Å². The molecule has 0 radical (unpaired) electrons. The van der Waals surface area contributed by atoms with Gasteiger partial charge in [-0.15, -0.1) is 0 Å². The molecule has 2 rings (SSSR count). The molecule has 0 aliphatic carbocycles. The molecule has 0 saturated carbocycles. The second kappa shape index (κ2) is 4.83. The summed E-state index contributed by atoms with van der Waals surface area (Å²) in [5, 5.41) is 3.68. The molecule has 94 valence electrons. The van der Waals surface area contributed by atoms with Gasteiger partial charge < -0.3 is 15.2 Å². The summed E-state index contributed by atoms with van der Waals surface area (Å²) < 4.78 is 4.84. The Labute approximate surface area is 100 Å². The molecule has 0 spiro atoms. The first-order chi connectivity index (χ1) is 8.13. The molecule has 1 aliphatic rings. The Hall–Kier alpha value is -1.43. The lowest BCUT2D eigenvalue weighted by Gasteiger charge is -2.39. The van der Waals surface area contributed by atoms with Gasteiger partial charge in [0, 0.05) is 25.6 Å². The summed E-state index contributed by atoms with van der Waals surface area (Å²) in [6.07, 6.45) is 3.06. The van der Waals surface area contributed by atoms with E-state index in [4.69, 9.17) is 10.3 Å². The number of aryl methyl sites for hydroxylation is 1. The van der Waals surface area contributed by atoms with Gasteiger partial charge in [-0.05, 0) is 26.2 Å². The molecule has 6 nitrogen and oxygen atoms in total.